The molecule has 0 N–H and O–H groups in total. The zero-order valence-electron chi connectivity index (χ0n) is 13.4. The van der Waals surface area contributed by atoms with Crippen molar-refractivity contribution in [1.82, 2.24) is 5.01 Å². The molecule has 0 atom stereocenters. The predicted octanol–water partition coefficient (Wildman–Crippen LogP) is 3.67. The van der Waals surface area contributed by atoms with Gasteiger partial charge < -0.3 is 4.74 Å². The number of carbonyl (C=O) groups excluding carboxylic acids is 1. The van der Waals surface area contributed by atoms with E-state index in [0.717, 1.165) is 33.8 Å². The molecule has 0 aromatic heterocycles. The summed E-state index contributed by atoms with van der Waals surface area (Å²) < 4.78 is 5.35. The summed E-state index contributed by atoms with van der Waals surface area (Å²) in [6, 6.07) is 15.7. The minimum absolute atomic E-state index is 0.119. The summed E-state index contributed by atoms with van der Waals surface area (Å²) in [6.07, 6.45) is 1.97. The average molecular weight is 306 g/mol. The maximum Gasteiger partial charge on any atom is 0.243 e. The average Bonchev–Trinajstić information content (AvgIpc) is 2.71. The Morgan fingerprint density at radius 1 is 1.13 bits per heavy atom. The lowest BCUT2D eigenvalue weighted by Crippen LogP contribution is -2.22. The highest BCUT2D eigenvalue weighted by Gasteiger charge is 2.20. The van der Waals surface area contributed by atoms with E-state index in [2.05, 4.69) is 5.10 Å². The fraction of sp³-hybridized carbons (Fsp3) is 0.158. The Morgan fingerprint density at radius 2 is 1.87 bits per heavy atom. The number of methoxy groups -OCH3 is 1. The van der Waals surface area contributed by atoms with Crippen molar-refractivity contribution in [3.05, 3.63) is 70.9 Å². The van der Waals surface area contributed by atoms with Crippen molar-refractivity contribution in [1.29, 1.82) is 0 Å². The molecule has 1 aliphatic heterocycles. The van der Waals surface area contributed by atoms with E-state index in [9.17, 15) is 4.79 Å². The fourth-order valence-corrected chi connectivity index (χ4v) is 2.64. The van der Waals surface area contributed by atoms with E-state index in [1.807, 2.05) is 61.5 Å². The van der Waals surface area contributed by atoms with Gasteiger partial charge in [0.1, 0.15) is 5.75 Å². The molecule has 23 heavy (non-hydrogen) atoms. The van der Waals surface area contributed by atoms with Gasteiger partial charge in [0.15, 0.2) is 0 Å². The smallest absolute Gasteiger partial charge is 0.243 e. The summed E-state index contributed by atoms with van der Waals surface area (Å²) >= 11 is 0. The van der Waals surface area contributed by atoms with Crippen LogP contribution in [-0.4, -0.2) is 23.7 Å². The van der Waals surface area contributed by atoms with Gasteiger partial charge in [-0.3, -0.25) is 4.79 Å². The third kappa shape index (κ3) is 2.88. The number of hydrogen-bond acceptors (Lipinski definition) is 3. The highest BCUT2D eigenvalue weighted by atomic mass is 16.5. The molecule has 2 aromatic carbocycles. The van der Waals surface area contributed by atoms with E-state index < -0.39 is 0 Å². The van der Waals surface area contributed by atoms with Crippen LogP contribution < -0.4 is 4.74 Å². The molecule has 1 aliphatic rings. The topological polar surface area (TPSA) is 41.9 Å². The van der Waals surface area contributed by atoms with E-state index in [1.165, 1.54) is 11.9 Å². The van der Waals surface area contributed by atoms with Crippen molar-refractivity contribution in [2.45, 2.75) is 13.8 Å². The first-order valence-corrected chi connectivity index (χ1v) is 7.41. The number of hydrazone groups is 1. The molecule has 0 spiro atoms. The molecule has 0 saturated heterocycles. The number of fused-ring (bicyclic) bond motifs is 1. The summed E-state index contributed by atoms with van der Waals surface area (Å²) in [6.45, 7) is 3.40. The van der Waals surface area contributed by atoms with E-state index in [-0.39, 0.29) is 5.91 Å². The van der Waals surface area contributed by atoms with Crippen LogP contribution in [0.4, 0.5) is 0 Å². The molecule has 4 nitrogen and oxygen atoms in total. The Labute approximate surface area is 135 Å². The van der Waals surface area contributed by atoms with Gasteiger partial charge in [-0.25, -0.2) is 5.01 Å². The van der Waals surface area contributed by atoms with Gasteiger partial charge in [-0.15, -0.1) is 0 Å². The molecule has 0 fully saturated rings. The van der Waals surface area contributed by atoms with Gasteiger partial charge in [-0.2, -0.15) is 5.10 Å². The summed E-state index contributed by atoms with van der Waals surface area (Å²) in [7, 11) is 1.64. The molecule has 2 aromatic rings. The van der Waals surface area contributed by atoms with Crippen LogP contribution in [0.1, 0.15) is 30.5 Å². The maximum absolute atomic E-state index is 12.0. The van der Waals surface area contributed by atoms with Crippen molar-refractivity contribution >= 4 is 17.7 Å². The molecular formula is C19H18N2O2. The van der Waals surface area contributed by atoms with Gasteiger partial charge >= 0.3 is 0 Å². The Hall–Kier alpha value is -2.88. The molecule has 1 heterocycles. The summed E-state index contributed by atoms with van der Waals surface area (Å²) in [5, 5.41) is 6.06. The molecule has 0 bridgehead atoms. The number of nitrogens with zero attached hydrogens (tertiary/aromatic N) is 2. The molecular weight excluding hydrogens is 288 g/mol. The summed E-state index contributed by atoms with van der Waals surface area (Å²) in [5.74, 6) is 0.640. The van der Waals surface area contributed by atoms with Crippen LogP contribution in [0.2, 0.25) is 0 Å². The fourth-order valence-electron chi connectivity index (χ4n) is 2.64. The van der Waals surface area contributed by atoms with Gasteiger partial charge in [-0.05, 0) is 30.7 Å². The van der Waals surface area contributed by atoms with Crippen LogP contribution in [0, 0.1) is 0 Å². The summed E-state index contributed by atoms with van der Waals surface area (Å²) in [4.78, 5) is 12.0. The number of carbonyl (C=O) groups is 1. The Bertz CT molecular complexity index is 807. The monoisotopic (exact) mass is 306 g/mol. The number of ether oxygens (including phenoxy) is 1. The molecule has 0 radical (unpaired) electrons. The lowest BCUT2D eigenvalue weighted by atomic mass is 9.97. The lowest BCUT2D eigenvalue weighted by molar-refractivity contribution is -0.126. The normalized spacial score (nSPS) is 13.6. The quantitative estimate of drug-likeness (QED) is 0.849. The second-order valence-electron chi connectivity index (χ2n) is 5.38. The number of benzene rings is 2. The van der Waals surface area contributed by atoms with Crippen LogP contribution in [-0.2, 0) is 4.79 Å². The van der Waals surface area contributed by atoms with Gasteiger partial charge in [0, 0.05) is 23.7 Å². The predicted molar refractivity (Wildman–Crippen MR) is 91.2 cm³/mol. The van der Waals surface area contributed by atoms with Crippen LogP contribution in [0.15, 0.2) is 59.3 Å². The molecule has 4 heteroatoms. The first-order valence-electron chi connectivity index (χ1n) is 7.41. The molecule has 0 saturated carbocycles. The van der Waals surface area contributed by atoms with Crippen LogP contribution in [0.3, 0.4) is 0 Å². The minimum Gasteiger partial charge on any atom is -0.497 e. The molecule has 1 amide bonds. The van der Waals surface area contributed by atoms with Crippen molar-refractivity contribution in [3.8, 4) is 5.75 Å². The first-order chi connectivity index (χ1) is 11.1. The number of rotatable bonds is 2. The third-order valence-electron chi connectivity index (χ3n) is 3.76. The molecule has 116 valence electrons. The Kier molecular flexibility index (Phi) is 3.98. The molecule has 3 rings (SSSR count). The van der Waals surface area contributed by atoms with Crippen molar-refractivity contribution in [2.24, 2.45) is 5.10 Å². The lowest BCUT2D eigenvalue weighted by Gasteiger charge is -2.16. The molecule has 0 aliphatic carbocycles. The summed E-state index contributed by atoms with van der Waals surface area (Å²) in [5.41, 5.74) is 4.45. The number of allylic oxidation sites excluding steroid dienone is 1. The van der Waals surface area contributed by atoms with Crippen molar-refractivity contribution in [3.63, 3.8) is 0 Å². The van der Waals surface area contributed by atoms with Gasteiger partial charge in [0.25, 0.3) is 0 Å². The molecule has 0 unspecified atom stereocenters. The third-order valence-corrected chi connectivity index (χ3v) is 3.76. The zero-order chi connectivity index (χ0) is 16.4. The number of hydrogen-bond donors (Lipinski definition) is 0. The second-order valence-corrected chi connectivity index (χ2v) is 5.38. The Balaban J connectivity index is 2.27. The van der Waals surface area contributed by atoms with Crippen LogP contribution >= 0.6 is 0 Å². The number of amides is 1. The highest BCUT2D eigenvalue weighted by molar-refractivity contribution is 6.15. The SMILES string of the molecule is COc1ccc2c(c1)C(c1ccccc1)=NN(C(C)=O)C(C)=C2. The highest BCUT2D eigenvalue weighted by Crippen LogP contribution is 2.27. The standard InChI is InChI=1S/C19H18N2O2/c1-13-11-16-9-10-17(23-3)12-18(16)19(20-21(13)14(2)22)15-7-5-4-6-8-15/h4-12H,1-3H3. The van der Waals surface area contributed by atoms with Crippen molar-refractivity contribution in [2.75, 3.05) is 7.11 Å². The van der Waals surface area contributed by atoms with E-state index in [0.29, 0.717) is 0 Å². The van der Waals surface area contributed by atoms with Gasteiger partial charge in [0.05, 0.1) is 12.8 Å². The maximum atomic E-state index is 12.0. The van der Waals surface area contributed by atoms with E-state index in [1.54, 1.807) is 7.11 Å². The largest absolute Gasteiger partial charge is 0.497 e. The van der Waals surface area contributed by atoms with Crippen LogP contribution in [0.25, 0.3) is 6.08 Å². The van der Waals surface area contributed by atoms with Crippen molar-refractivity contribution < 1.29 is 9.53 Å². The first kappa shape index (κ1) is 15.0. The van der Waals surface area contributed by atoms with E-state index in [4.69, 9.17) is 4.74 Å². The van der Waals surface area contributed by atoms with Crippen LogP contribution in [0.5, 0.6) is 5.75 Å². The minimum atomic E-state index is -0.119. The van der Waals surface area contributed by atoms with Gasteiger partial charge in [0.2, 0.25) is 5.91 Å². The van der Waals surface area contributed by atoms with E-state index >= 15 is 0 Å². The zero-order valence-corrected chi connectivity index (χ0v) is 13.4. The second kappa shape index (κ2) is 6.08. The Morgan fingerprint density at radius 3 is 2.52 bits per heavy atom. The van der Waals surface area contributed by atoms with Gasteiger partial charge in [-0.1, -0.05) is 36.4 Å².